The molecule has 0 aliphatic heterocycles. The van der Waals surface area contributed by atoms with Gasteiger partial charge < -0.3 is 10.3 Å². The Morgan fingerprint density at radius 1 is 0.788 bits per heavy atom. The predicted octanol–water partition coefficient (Wildman–Crippen LogP) is 8.22. The molecule has 0 spiro atoms. The molecule has 2 N–H and O–H groups in total. The summed E-state index contributed by atoms with van der Waals surface area (Å²) in [4.78, 5) is 12.2. The third-order valence-corrected chi connectivity index (χ3v) is 7.26. The zero-order chi connectivity index (χ0) is 23.3. The number of nitrogens with two attached hydrogens (primary N) is 1. The van der Waals surface area contributed by atoms with Gasteiger partial charge in [0.2, 0.25) is 5.91 Å². The summed E-state index contributed by atoms with van der Waals surface area (Å²) in [6, 6.07) is 22.4. The van der Waals surface area contributed by atoms with Crippen LogP contribution < -0.4 is 5.73 Å². The molecule has 7 heteroatoms. The molecule has 4 aromatic carbocycles. The van der Waals surface area contributed by atoms with Gasteiger partial charge in [-0.2, -0.15) is 0 Å². The van der Waals surface area contributed by atoms with Crippen LogP contribution in [0.25, 0.3) is 32.9 Å². The first-order valence-corrected chi connectivity index (χ1v) is 11.6. The number of fused-ring (bicyclic) bond motifs is 3. The van der Waals surface area contributed by atoms with Crippen LogP contribution in [0, 0.1) is 0 Å². The van der Waals surface area contributed by atoms with Crippen molar-refractivity contribution in [3.05, 3.63) is 104 Å². The number of primary amides is 1. The number of hydrogen-bond acceptors (Lipinski definition) is 1. The van der Waals surface area contributed by atoms with E-state index in [1.165, 1.54) is 0 Å². The van der Waals surface area contributed by atoms with Crippen molar-refractivity contribution < 1.29 is 4.79 Å². The normalized spacial score (nSPS) is 11.4. The molecule has 0 saturated heterocycles. The van der Waals surface area contributed by atoms with E-state index < -0.39 is 5.91 Å². The van der Waals surface area contributed by atoms with Gasteiger partial charge in [0, 0.05) is 38.5 Å². The lowest BCUT2D eigenvalue weighted by Crippen LogP contribution is -2.11. The second-order valence-electron chi connectivity index (χ2n) is 7.69. The Kier molecular flexibility index (Phi) is 5.75. The summed E-state index contributed by atoms with van der Waals surface area (Å²) in [6.07, 6.45) is 0. The van der Waals surface area contributed by atoms with Gasteiger partial charge in [0.25, 0.3) is 0 Å². The number of benzene rings is 4. The van der Waals surface area contributed by atoms with Crippen LogP contribution >= 0.6 is 46.4 Å². The molecule has 1 aromatic heterocycles. The van der Waals surface area contributed by atoms with Gasteiger partial charge in [0.1, 0.15) is 0 Å². The van der Waals surface area contributed by atoms with E-state index in [1.54, 1.807) is 24.3 Å². The van der Waals surface area contributed by atoms with Gasteiger partial charge in [-0.3, -0.25) is 4.79 Å². The minimum atomic E-state index is -0.487. The summed E-state index contributed by atoms with van der Waals surface area (Å²) < 4.78 is 2.10. The number of carbonyl (C=O) groups is 1. The van der Waals surface area contributed by atoms with Crippen molar-refractivity contribution in [3.63, 3.8) is 0 Å². The summed E-state index contributed by atoms with van der Waals surface area (Å²) in [7, 11) is 0. The monoisotopic (exact) mass is 512 g/mol. The van der Waals surface area contributed by atoms with E-state index in [2.05, 4.69) is 4.57 Å². The highest BCUT2D eigenvalue weighted by Gasteiger charge is 2.19. The van der Waals surface area contributed by atoms with Crippen molar-refractivity contribution in [2.24, 2.45) is 5.73 Å². The Morgan fingerprint density at radius 3 is 2.18 bits per heavy atom. The molecular formula is C26H16Cl4N2O. The zero-order valence-corrected chi connectivity index (χ0v) is 20.1. The highest BCUT2D eigenvalue weighted by Crippen LogP contribution is 2.39. The minimum absolute atomic E-state index is 0.446. The molecule has 0 fully saturated rings. The Hall–Kier alpha value is -2.69. The van der Waals surface area contributed by atoms with Crippen molar-refractivity contribution in [2.75, 3.05) is 0 Å². The molecule has 164 valence electrons. The van der Waals surface area contributed by atoms with Gasteiger partial charge in [-0.1, -0.05) is 82.8 Å². The Labute approximate surface area is 210 Å². The van der Waals surface area contributed by atoms with Gasteiger partial charge in [-0.05, 0) is 47.5 Å². The van der Waals surface area contributed by atoms with Crippen molar-refractivity contribution in [1.29, 1.82) is 0 Å². The number of rotatable bonds is 4. The lowest BCUT2D eigenvalue weighted by Gasteiger charge is -2.12. The van der Waals surface area contributed by atoms with Crippen LogP contribution in [0.5, 0.6) is 0 Å². The fourth-order valence-corrected chi connectivity index (χ4v) is 5.29. The quantitative estimate of drug-likeness (QED) is 0.258. The van der Waals surface area contributed by atoms with E-state index in [4.69, 9.17) is 52.1 Å². The predicted molar refractivity (Wildman–Crippen MR) is 139 cm³/mol. The fourth-order valence-electron chi connectivity index (χ4n) is 4.29. The first-order valence-electron chi connectivity index (χ1n) is 10.1. The second kappa shape index (κ2) is 8.58. The molecule has 33 heavy (non-hydrogen) atoms. The molecule has 5 rings (SSSR count). The first kappa shape index (κ1) is 22.1. The lowest BCUT2D eigenvalue weighted by molar-refractivity contribution is 0.100. The maximum absolute atomic E-state index is 12.2. The fraction of sp³-hybridized carbons (Fsp3) is 0.0385. The highest BCUT2D eigenvalue weighted by atomic mass is 35.5. The van der Waals surface area contributed by atoms with Crippen molar-refractivity contribution in [3.8, 4) is 11.1 Å². The van der Waals surface area contributed by atoms with E-state index in [0.29, 0.717) is 32.2 Å². The zero-order valence-electron chi connectivity index (χ0n) is 17.1. The number of halogens is 4. The molecule has 0 unspecified atom stereocenters. The molecule has 0 aliphatic rings. The maximum Gasteiger partial charge on any atom is 0.249 e. The van der Waals surface area contributed by atoms with Crippen LogP contribution in [-0.4, -0.2) is 10.5 Å². The average Bonchev–Trinajstić information content (AvgIpc) is 3.10. The molecule has 0 aliphatic carbocycles. The standard InChI is InChI=1S/C26H16Cl4N2O/c27-18-6-3-7-19(28)23(18)14-10-11-16-22(12-14)32(13-15-4-1-8-20(29)25(15)30)21-9-2-5-17(24(16)21)26(31)33/h1-12H,13H2,(H2,31,33). The Balaban J connectivity index is 1.85. The van der Waals surface area contributed by atoms with E-state index in [1.807, 2.05) is 48.5 Å². The van der Waals surface area contributed by atoms with Crippen LogP contribution in [0.3, 0.4) is 0 Å². The number of amides is 1. The summed E-state index contributed by atoms with van der Waals surface area (Å²) in [5.74, 6) is -0.487. The largest absolute Gasteiger partial charge is 0.366 e. The smallest absolute Gasteiger partial charge is 0.249 e. The molecular weight excluding hydrogens is 498 g/mol. The van der Waals surface area contributed by atoms with Crippen molar-refractivity contribution in [2.45, 2.75) is 6.54 Å². The van der Waals surface area contributed by atoms with Crippen LogP contribution in [0.2, 0.25) is 20.1 Å². The Bertz CT molecular complexity index is 1550. The Morgan fingerprint density at radius 2 is 1.45 bits per heavy atom. The third kappa shape index (κ3) is 3.75. The number of nitrogens with zero attached hydrogens (tertiary/aromatic N) is 1. The van der Waals surface area contributed by atoms with Crippen LogP contribution in [0.4, 0.5) is 0 Å². The SMILES string of the molecule is NC(=O)c1cccc2c1c1ccc(-c3c(Cl)cccc3Cl)cc1n2Cc1cccc(Cl)c1Cl. The van der Waals surface area contributed by atoms with Crippen LogP contribution in [-0.2, 0) is 6.54 Å². The third-order valence-electron chi connectivity index (χ3n) is 5.77. The van der Waals surface area contributed by atoms with Crippen molar-refractivity contribution in [1.82, 2.24) is 4.57 Å². The summed E-state index contributed by atoms with van der Waals surface area (Å²) in [6.45, 7) is 0.446. The van der Waals surface area contributed by atoms with E-state index >= 15 is 0 Å². The van der Waals surface area contributed by atoms with Crippen LogP contribution in [0.1, 0.15) is 15.9 Å². The van der Waals surface area contributed by atoms with E-state index in [9.17, 15) is 4.79 Å². The number of hydrogen-bond donors (Lipinski definition) is 1. The van der Waals surface area contributed by atoms with E-state index in [0.717, 1.165) is 38.5 Å². The molecule has 0 saturated carbocycles. The first-order chi connectivity index (χ1) is 15.9. The number of carbonyl (C=O) groups excluding carboxylic acids is 1. The summed E-state index contributed by atoms with van der Waals surface area (Å²) >= 11 is 25.7. The summed E-state index contributed by atoms with van der Waals surface area (Å²) in [5, 5.41) is 3.77. The average molecular weight is 514 g/mol. The van der Waals surface area contributed by atoms with Crippen molar-refractivity contribution >= 4 is 74.1 Å². The molecule has 3 nitrogen and oxygen atoms in total. The van der Waals surface area contributed by atoms with Crippen LogP contribution in [0.15, 0.2) is 72.8 Å². The molecule has 0 bridgehead atoms. The topological polar surface area (TPSA) is 48.0 Å². The van der Waals surface area contributed by atoms with Gasteiger partial charge in [-0.15, -0.1) is 0 Å². The van der Waals surface area contributed by atoms with Gasteiger partial charge in [0.15, 0.2) is 0 Å². The number of aromatic nitrogens is 1. The highest BCUT2D eigenvalue weighted by molar-refractivity contribution is 6.42. The lowest BCUT2D eigenvalue weighted by atomic mass is 10.0. The molecule has 5 aromatic rings. The van der Waals surface area contributed by atoms with E-state index in [-0.39, 0.29) is 0 Å². The van der Waals surface area contributed by atoms with Gasteiger partial charge in [-0.25, -0.2) is 0 Å². The minimum Gasteiger partial charge on any atom is -0.366 e. The summed E-state index contributed by atoms with van der Waals surface area (Å²) in [5.41, 5.74) is 10.4. The van der Waals surface area contributed by atoms with Gasteiger partial charge >= 0.3 is 0 Å². The molecule has 0 atom stereocenters. The maximum atomic E-state index is 12.2. The molecule has 1 heterocycles. The second-order valence-corrected chi connectivity index (χ2v) is 9.29. The molecule has 0 radical (unpaired) electrons. The molecule has 1 amide bonds. The van der Waals surface area contributed by atoms with Gasteiger partial charge in [0.05, 0.1) is 21.1 Å².